The molecule has 5 rings (SSSR count). The van der Waals surface area contributed by atoms with E-state index in [0.29, 0.717) is 54.4 Å². The van der Waals surface area contributed by atoms with Gasteiger partial charge in [0.15, 0.2) is 11.6 Å². The summed E-state index contributed by atoms with van der Waals surface area (Å²) >= 11 is 0. The van der Waals surface area contributed by atoms with Crippen molar-refractivity contribution < 1.29 is 23.8 Å². The van der Waals surface area contributed by atoms with Crippen LogP contribution in [0.15, 0.2) is 42.9 Å². The zero-order valence-corrected chi connectivity index (χ0v) is 22.5. The minimum atomic E-state index is -0.350. The lowest BCUT2D eigenvalue weighted by Crippen LogP contribution is -2.40. The lowest BCUT2D eigenvalue weighted by Gasteiger charge is -2.28. The number of anilines is 2. The molecule has 2 aromatic heterocycles. The number of ether oxygens (including phenoxy) is 3. The van der Waals surface area contributed by atoms with Crippen LogP contribution in [0.4, 0.5) is 11.6 Å². The minimum Gasteiger partial charge on any atom is -0.491 e. The molecule has 2 fully saturated rings. The fourth-order valence-corrected chi connectivity index (χ4v) is 4.41. The highest BCUT2D eigenvalue weighted by Crippen LogP contribution is 2.33. The van der Waals surface area contributed by atoms with Crippen molar-refractivity contribution in [3.8, 4) is 17.4 Å². The number of nitrogens with one attached hydrogen (secondary N) is 1. The summed E-state index contributed by atoms with van der Waals surface area (Å²) in [6.45, 7) is 5.66. The Morgan fingerprint density at radius 1 is 1.10 bits per heavy atom. The second kappa shape index (κ2) is 11.8. The molecule has 3 heterocycles. The summed E-state index contributed by atoms with van der Waals surface area (Å²) < 4.78 is 18.9. The first kappa shape index (κ1) is 26.6. The topological polar surface area (TPSA) is 121 Å². The van der Waals surface area contributed by atoms with Gasteiger partial charge in [0.05, 0.1) is 18.5 Å². The van der Waals surface area contributed by atoms with E-state index in [1.807, 2.05) is 13.8 Å². The summed E-state index contributed by atoms with van der Waals surface area (Å²) in [4.78, 5) is 37.0. The van der Waals surface area contributed by atoms with Gasteiger partial charge in [-0.1, -0.05) is 0 Å². The average Bonchev–Trinajstić information content (AvgIpc) is 3.66. The molecule has 0 spiro atoms. The smallest absolute Gasteiger partial charge is 0.257 e. The van der Waals surface area contributed by atoms with E-state index in [-0.39, 0.29) is 29.7 Å². The van der Waals surface area contributed by atoms with Gasteiger partial charge in [0, 0.05) is 56.6 Å². The van der Waals surface area contributed by atoms with Crippen molar-refractivity contribution in [1.82, 2.24) is 19.7 Å². The maximum atomic E-state index is 13.3. The number of hydrogen-bond donors (Lipinski definition) is 1. The fourth-order valence-electron chi connectivity index (χ4n) is 4.41. The molecule has 39 heavy (non-hydrogen) atoms. The van der Waals surface area contributed by atoms with E-state index in [0.717, 1.165) is 25.7 Å². The van der Waals surface area contributed by atoms with Crippen molar-refractivity contribution >= 4 is 23.5 Å². The number of aryl methyl sites for hydroxylation is 1. The van der Waals surface area contributed by atoms with Crippen LogP contribution < -0.4 is 19.7 Å². The van der Waals surface area contributed by atoms with Gasteiger partial charge in [-0.25, -0.2) is 9.97 Å². The van der Waals surface area contributed by atoms with Gasteiger partial charge in [-0.2, -0.15) is 5.10 Å². The van der Waals surface area contributed by atoms with Crippen LogP contribution in [0.5, 0.6) is 17.4 Å². The molecule has 1 aliphatic heterocycles. The molecule has 11 heteroatoms. The highest BCUT2D eigenvalue weighted by molar-refractivity contribution is 6.04. The SMILES string of the molecule is CC(C)Oc1cc(Oc2cnc(N(CC3CC3)C(=O)C3CCOCC3)cn2)cc(C(=O)Nc2ccn(C)n2)c1. The Balaban J connectivity index is 1.33. The third-order valence-electron chi connectivity index (χ3n) is 6.56. The molecule has 1 saturated heterocycles. The van der Waals surface area contributed by atoms with Crippen molar-refractivity contribution in [2.45, 2.75) is 45.6 Å². The predicted molar refractivity (Wildman–Crippen MR) is 144 cm³/mol. The summed E-state index contributed by atoms with van der Waals surface area (Å²) in [6.07, 6.45) is 8.40. The quantitative estimate of drug-likeness (QED) is 0.411. The molecule has 1 N–H and O–H groups in total. The molecular formula is C28H34N6O5. The Morgan fingerprint density at radius 2 is 1.87 bits per heavy atom. The van der Waals surface area contributed by atoms with E-state index < -0.39 is 0 Å². The maximum absolute atomic E-state index is 13.3. The summed E-state index contributed by atoms with van der Waals surface area (Å²) in [5.74, 6) is 2.21. The lowest BCUT2D eigenvalue weighted by atomic mass is 9.98. The van der Waals surface area contributed by atoms with Crippen LogP contribution in [0.2, 0.25) is 0 Å². The summed E-state index contributed by atoms with van der Waals surface area (Å²) in [7, 11) is 1.77. The number of carbonyl (C=O) groups is 2. The Labute approximate surface area is 227 Å². The van der Waals surface area contributed by atoms with Gasteiger partial charge < -0.3 is 19.5 Å². The van der Waals surface area contributed by atoms with Crippen LogP contribution in [0.1, 0.15) is 49.9 Å². The maximum Gasteiger partial charge on any atom is 0.257 e. The van der Waals surface area contributed by atoms with Crippen molar-refractivity contribution in [3.05, 3.63) is 48.4 Å². The van der Waals surface area contributed by atoms with Crippen molar-refractivity contribution in [2.24, 2.45) is 18.9 Å². The largest absolute Gasteiger partial charge is 0.491 e. The highest BCUT2D eigenvalue weighted by Gasteiger charge is 2.33. The number of nitrogens with zero attached hydrogens (tertiary/aromatic N) is 5. The monoisotopic (exact) mass is 534 g/mol. The first-order valence-corrected chi connectivity index (χ1v) is 13.4. The van der Waals surface area contributed by atoms with Crippen LogP contribution in [0.3, 0.4) is 0 Å². The Morgan fingerprint density at radius 3 is 2.51 bits per heavy atom. The van der Waals surface area contributed by atoms with E-state index >= 15 is 0 Å². The van der Waals surface area contributed by atoms with Gasteiger partial charge in [-0.05, 0) is 57.6 Å². The molecule has 0 atom stereocenters. The Hall–Kier alpha value is -3.99. The average molecular weight is 535 g/mol. The van der Waals surface area contributed by atoms with Gasteiger partial charge >= 0.3 is 0 Å². The van der Waals surface area contributed by atoms with E-state index in [1.54, 1.807) is 53.3 Å². The van der Waals surface area contributed by atoms with Crippen LogP contribution in [0, 0.1) is 11.8 Å². The van der Waals surface area contributed by atoms with Crippen molar-refractivity contribution in [1.29, 1.82) is 0 Å². The Bertz CT molecular complexity index is 1300. The third-order valence-corrected chi connectivity index (χ3v) is 6.56. The molecule has 2 aliphatic rings. The Kier molecular flexibility index (Phi) is 8.06. The van der Waals surface area contributed by atoms with Gasteiger partial charge in [-0.15, -0.1) is 0 Å². The molecule has 11 nitrogen and oxygen atoms in total. The molecule has 2 amide bonds. The first-order valence-electron chi connectivity index (χ1n) is 13.4. The minimum absolute atomic E-state index is 0.0606. The molecule has 1 aliphatic carbocycles. The molecule has 3 aromatic rings. The van der Waals surface area contributed by atoms with E-state index in [1.165, 1.54) is 6.20 Å². The number of hydrogen-bond acceptors (Lipinski definition) is 8. The predicted octanol–water partition coefficient (Wildman–Crippen LogP) is 4.21. The second-order valence-electron chi connectivity index (χ2n) is 10.3. The number of aromatic nitrogens is 4. The van der Waals surface area contributed by atoms with Gasteiger partial charge in [0.25, 0.3) is 5.91 Å². The van der Waals surface area contributed by atoms with Crippen molar-refractivity contribution in [3.63, 3.8) is 0 Å². The molecule has 0 bridgehead atoms. The molecular weight excluding hydrogens is 500 g/mol. The third kappa shape index (κ3) is 7.11. The van der Waals surface area contributed by atoms with E-state index in [9.17, 15) is 9.59 Å². The van der Waals surface area contributed by atoms with Gasteiger partial charge in [-0.3, -0.25) is 19.2 Å². The van der Waals surface area contributed by atoms with Gasteiger partial charge in [0.1, 0.15) is 11.5 Å². The number of carbonyl (C=O) groups excluding carboxylic acids is 2. The highest BCUT2D eigenvalue weighted by atomic mass is 16.5. The van der Waals surface area contributed by atoms with E-state index in [4.69, 9.17) is 14.2 Å². The molecule has 206 valence electrons. The van der Waals surface area contributed by atoms with E-state index in [2.05, 4.69) is 20.4 Å². The molecule has 0 radical (unpaired) electrons. The lowest BCUT2D eigenvalue weighted by molar-refractivity contribution is -0.125. The zero-order chi connectivity index (χ0) is 27.4. The summed E-state index contributed by atoms with van der Waals surface area (Å²) in [6, 6.07) is 6.66. The normalized spacial score (nSPS) is 15.7. The fraction of sp³-hybridized carbons (Fsp3) is 0.464. The van der Waals surface area contributed by atoms with Crippen molar-refractivity contribution in [2.75, 3.05) is 30.0 Å². The van der Waals surface area contributed by atoms with Crippen LogP contribution >= 0.6 is 0 Å². The number of benzene rings is 1. The number of amides is 2. The number of rotatable bonds is 10. The second-order valence-corrected chi connectivity index (χ2v) is 10.3. The van der Waals surface area contributed by atoms with Crippen LogP contribution in [0.25, 0.3) is 0 Å². The molecule has 1 saturated carbocycles. The summed E-state index contributed by atoms with van der Waals surface area (Å²) in [5.41, 5.74) is 0.344. The zero-order valence-electron chi connectivity index (χ0n) is 22.5. The standard InChI is InChI=1S/C28H34N6O5/c1-18(2)38-22-12-21(27(35)31-24-6-9-33(3)32-24)13-23(14-22)39-26-16-29-25(15-30-26)34(17-19-4-5-19)28(36)20-7-10-37-11-8-20/h6,9,12-16,18-20H,4-5,7-8,10-11,17H2,1-3H3,(H,31,32,35). The van der Waals surface area contributed by atoms with Crippen LogP contribution in [-0.2, 0) is 16.6 Å². The van der Waals surface area contributed by atoms with Crippen LogP contribution in [-0.4, -0.2) is 57.4 Å². The summed E-state index contributed by atoms with van der Waals surface area (Å²) in [5, 5.41) is 6.97. The molecule has 0 unspecified atom stereocenters. The van der Waals surface area contributed by atoms with Gasteiger partial charge in [0.2, 0.25) is 11.8 Å². The first-order chi connectivity index (χ1) is 18.8. The molecule has 1 aromatic carbocycles.